The molecule has 0 saturated heterocycles. The third-order valence-electron chi connectivity index (χ3n) is 3.26. The molecule has 2 unspecified atom stereocenters. The highest BCUT2D eigenvalue weighted by atomic mass is 35.5. The van der Waals surface area contributed by atoms with E-state index in [1.54, 1.807) is 0 Å². The van der Waals surface area contributed by atoms with Gasteiger partial charge >= 0.3 is 0 Å². The Hall–Kier alpha value is 0.250. The molecule has 1 N–H and O–H groups in total. The largest absolute Gasteiger partial charge is 0.393 e. The monoisotopic (exact) mass is 248 g/mol. The van der Waals surface area contributed by atoms with Crippen molar-refractivity contribution in [3.05, 3.63) is 0 Å². The number of aliphatic hydroxyl groups excluding tert-OH is 1. The van der Waals surface area contributed by atoms with Gasteiger partial charge in [0.2, 0.25) is 0 Å². The molecule has 0 amide bonds. The van der Waals surface area contributed by atoms with Crippen molar-refractivity contribution in [2.45, 2.75) is 84.1 Å². The van der Waals surface area contributed by atoms with Crippen LogP contribution in [0.3, 0.4) is 0 Å². The first-order chi connectivity index (χ1) is 7.41. The van der Waals surface area contributed by atoms with Crippen LogP contribution in [0.15, 0.2) is 0 Å². The lowest BCUT2D eigenvalue weighted by molar-refractivity contribution is 0.104. The summed E-state index contributed by atoms with van der Waals surface area (Å²) in [7, 11) is 0. The van der Waals surface area contributed by atoms with Crippen LogP contribution in [-0.4, -0.2) is 16.6 Å². The smallest absolute Gasteiger partial charge is 0.0542 e. The molecule has 2 atom stereocenters. The van der Waals surface area contributed by atoms with Gasteiger partial charge in [-0.15, -0.1) is 11.6 Å². The molecule has 16 heavy (non-hydrogen) atoms. The van der Waals surface area contributed by atoms with E-state index in [9.17, 15) is 5.11 Å². The summed E-state index contributed by atoms with van der Waals surface area (Å²) < 4.78 is 0. The minimum atomic E-state index is -0.153. The lowest BCUT2D eigenvalue weighted by Gasteiger charge is -2.28. The second-order valence-corrected chi connectivity index (χ2v) is 6.33. The highest BCUT2D eigenvalue weighted by Gasteiger charge is 2.22. The van der Waals surface area contributed by atoms with Crippen molar-refractivity contribution in [2.24, 2.45) is 5.41 Å². The number of unbranched alkanes of at least 4 members (excludes halogenated alkanes) is 1. The van der Waals surface area contributed by atoms with Crippen molar-refractivity contribution in [3.8, 4) is 0 Å². The predicted molar refractivity (Wildman–Crippen MR) is 73.1 cm³/mol. The van der Waals surface area contributed by atoms with E-state index < -0.39 is 0 Å². The van der Waals surface area contributed by atoms with Crippen LogP contribution >= 0.6 is 11.6 Å². The third kappa shape index (κ3) is 8.41. The first kappa shape index (κ1) is 16.2. The van der Waals surface area contributed by atoms with Gasteiger partial charge in [-0.05, 0) is 37.5 Å². The fourth-order valence-corrected chi connectivity index (χ4v) is 2.26. The first-order valence-corrected chi connectivity index (χ1v) is 7.17. The first-order valence-electron chi connectivity index (χ1n) is 6.73. The summed E-state index contributed by atoms with van der Waals surface area (Å²) in [5.41, 5.74) is 0.217. The van der Waals surface area contributed by atoms with Crippen LogP contribution in [0.2, 0.25) is 0 Å². The van der Waals surface area contributed by atoms with Gasteiger partial charge in [0, 0.05) is 5.38 Å². The number of alkyl halides is 1. The van der Waals surface area contributed by atoms with Gasteiger partial charge in [-0.25, -0.2) is 0 Å². The Morgan fingerprint density at radius 1 is 1.19 bits per heavy atom. The molecule has 0 aromatic carbocycles. The highest BCUT2D eigenvalue weighted by molar-refractivity contribution is 6.20. The van der Waals surface area contributed by atoms with E-state index in [4.69, 9.17) is 11.6 Å². The molecule has 2 heteroatoms. The molecule has 0 aliphatic heterocycles. The zero-order valence-corrected chi connectivity index (χ0v) is 12.2. The van der Waals surface area contributed by atoms with E-state index in [2.05, 4.69) is 20.8 Å². The normalized spacial score (nSPS) is 16.1. The Balaban J connectivity index is 3.79. The van der Waals surface area contributed by atoms with Crippen molar-refractivity contribution >= 4 is 11.6 Å². The minimum Gasteiger partial charge on any atom is -0.393 e. The molecule has 1 nitrogen and oxygen atoms in total. The quantitative estimate of drug-likeness (QED) is 0.584. The number of rotatable bonds is 9. The van der Waals surface area contributed by atoms with Crippen LogP contribution < -0.4 is 0 Å². The Labute approximate surface area is 107 Å². The van der Waals surface area contributed by atoms with Gasteiger partial charge in [-0.2, -0.15) is 0 Å². The maximum absolute atomic E-state index is 9.67. The molecule has 0 fully saturated rings. The second-order valence-electron chi connectivity index (χ2n) is 5.71. The standard InChI is InChI=1S/C14H29ClO/c1-5-7-8-12(15)9-10-14(3,4)11-13(16)6-2/h12-13,16H,5-11H2,1-4H3. The molecule has 0 aliphatic carbocycles. The topological polar surface area (TPSA) is 20.2 Å². The van der Waals surface area contributed by atoms with Gasteiger partial charge in [-0.1, -0.05) is 40.5 Å². The van der Waals surface area contributed by atoms with Crippen LogP contribution in [0.25, 0.3) is 0 Å². The number of aliphatic hydroxyl groups is 1. The Kier molecular flexibility index (Phi) is 8.49. The van der Waals surface area contributed by atoms with Crippen LogP contribution in [0, 0.1) is 5.41 Å². The number of hydrogen-bond donors (Lipinski definition) is 1. The number of hydrogen-bond acceptors (Lipinski definition) is 1. The van der Waals surface area contributed by atoms with Crippen molar-refractivity contribution in [3.63, 3.8) is 0 Å². The zero-order chi connectivity index (χ0) is 12.6. The summed E-state index contributed by atoms with van der Waals surface area (Å²) >= 11 is 6.27. The average Bonchev–Trinajstić information content (AvgIpc) is 2.23. The Morgan fingerprint density at radius 2 is 1.81 bits per heavy atom. The Bertz CT molecular complexity index is 168. The van der Waals surface area contributed by atoms with Crippen molar-refractivity contribution < 1.29 is 5.11 Å². The molecule has 0 aliphatic rings. The van der Waals surface area contributed by atoms with Crippen molar-refractivity contribution in [1.29, 1.82) is 0 Å². The molecule has 0 bridgehead atoms. The van der Waals surface area contributed by atoms with Gasteiger partial charge in [0.05, 0.1) is 6.10 Å². The molecule has 0 aromatic heterocycles. The predicted octanol–water partition coefficient (Wildman–Crippen LogP) is 4.75. The van der Waals surface area contributed by atoms with E-state index in [-0.39, 0.29) is 11.5 Å². The van der Waals surface area contributed by atoms with Crippen LogP contribution in [0.5, 0.6) is 0 Å². The van der Waals surface area contributed by atoms with Crippen molar-refractivity contribution in [2.75, 3.05) is 0 Å². The van der Waals surface area contributed by atoms with E-state index in [1.807, 2.05) is 6.92 Å². The van der Waals surface area contributed by atoms with E-state index >= 15 is 0 Å². The number of halogens is 1. The van der Waals surface area contributed by atoms with E-state index in [0.29, 0.717) is 5.38 Å². The second kappa shape index (κ2) is 8.36. The van der Waals surface area contributed by atoms with E-state index in [1.165, 1.54) is 12.8 Å². The lowest BCUT2D eigenvalue weighted by atomic mass is 9.81. The average molecular weight is 249 g/mol. The van der Waals surface area contributed by atoms with Gasteiger partial charge in [0.25, 0.3) is 0 Å². The fraction of sp³-hybridized carbons (Fsp3) is 1.00. The van der Waals surface area contributed by atoms with Crippen LogP contribution in [0.4, 0.5) is 0 Å². The fourth-order valence-electron chi connectivity index (χ4n) is 2.00. The summed E-state index contributed by atoms with van der Waals surface area (Å²) in [6, 6.07) is 0. The SMILES string of the molecule is CCCCC(Cl)CCC(C)(C)CC(O)CC. The highest BCUT2D eigenvalue weighted by Crippen LogP contribution is 2.31. The maximum Gasteiger partial charge on any atom is 0.0542 e. The molecule has 98 valence electrons. The summed E-state index contributed by atoms with van der Waals surface area (Å²) in [5.74, 6) is 0. The molecule has 0 radical (unpaired) electrons. The Morgan fingerprint density at radius 3 is 2.31 bits per heavy atom. The molecule has 0 saturated carbocycles. The van der Waals surface area contributed by atoms with Gasteiger partial charge in [0.1, 0.15) is 0 Å². The van der Waals surface area contributed by atoms with Crippen molar-refractivity contribution in [1.82, 2.24) is 0 Å². The summed E-state index contributed by atoms with van der Waals surface area (Å²) in [6.45, 7) is 8.70. The maximum atomic E-state index is 9.67. The van der Waals surface area contributed by atoms with Gasteiger partial charge in [0.15, 0.2) is 0 Å². The summed E-state index contributed by atoms with van der Waals surface area (Å²) in [4.78, 5) is 0. The van der Waals surface area contributed by atoms with Gasteiger partial charge < -0.3 is 5.11 Å². The van der Waals surface area contributed by atoms with Crippen LogP contribution in [0.1, 0.15) is 72.6 Å². The lowest BCUT2D eigenvalue weighted by Crippen LogP contribution is -2.21. The molecule has 0 aromatic rings. The molecular weight excluding hydrogens is 220 g/mol. The van der Waals surface area contributed by atoms with Gasteiger partial charge in [-0.3, -0.25) is 0 Å². The van der Waals surface area contributed by atoms with Crippen LogP contribution in [-0.2, 0) is 0 Å². The van der Waals surface area contributed by atoms with E-state index in [0.717, 1.165) is 32.1 Å². The zero-order valence-electron chi connectivity index (χ0n) is 11.4. The summed E-state index contributed by atoms with van der Waals surface area (Å²) in [6.07, 6.45) is 7.36. The molecule has 0 heterocycles. The molecule has 0 rings (SSSR count). The summed E-state index contributed by atoms with van der Waals surface area (Å²) in [5, 5.41) is 9.98. The molecule has 0 spiro atoms. The third-order valence-corrected chi connectivity index (χ3v) is 3.70. The minimum absolute atomic E-state index is 0.153. The molecular formula is C14H29ClO.